The molecule has 50 valence electrons. The molecule has 1 aliphatic heterocycles. The highest BCUT2D eigenvalue weighted by atomic mass is 35.5. The number of rotatable bonds is 0. The molecule has 0 unspecified atom stereocenters. The van der Waals surface area contributed by atoms with Crippen molar-refractivity contribution in [1.82, 2.24) is 10.4 Å². The van der Waals surface area contributed by atoms with Crippen LogP contribution in [0.4, 0.5) is 0 Å². The molecule has 0 fully saturated rings. The number of nitrogens with zero attached hydrogens (tertiary/aromatic N) is 1. The highest BCUT2D eigenvalue weighted by Crippen LogP contribution is 2.09. The van der Waals surface area contributed by atoms with Crippen LogP contribution in [0.3, 0.4) is 0 Å². The van der Waals surface area contributed by atoms with Gasteiger partial charge in [-0.25, -0.2) is 0 Å². The summed E-state index contributed by atoms with van der Waals surface area (Å²) in [6, 6.07) is 0. The predicted octanol–water partition coefficient (Wildman–Crippen LogP) is 1.42. The Morgan fingerprint density at radius 3 is 2.78 bits per heavy atom. The average molecular weight is 145 g/mol. The second-order valence-corrected chi connectivity index (χ2v) is 2.50. The fraction of sp³-hybridized carbons (Fsp3) is 0.333. The van der Waals surface area contributed by atoms with E-state index >= 15 is 0 Å². The van der Waals surface area contributed by atoms with Gasteiger partial charge in [-0.05, 0) is 18.6 Å². The zero-order valence-electron chi connectivity index (χ0n) is 5.48. The van der Waals surface area contributed by atoms with Gasteiger partial charge >= 0.3 is 0 Å². The third-order valence-corrected chi connectivity index (χ3v) is 1.23. The van der Waals surface area contributed by atoms with Gasteiger partial charge in [0.1, 0.15) is 5.16 Å². The van der Waals surface area contributed by atoms with Crippen molar-refractivity contribution < 1.29 is 0 Å². The highest BCUT2D eigenvalue weighted by Gasteiger charge is 2.00. The molecule has 0 aromatic carbocycles. The van der Waals surface area contributed by atoms with Crippen LogP contribution in [0.5, 0.6) is 0 Å². The number of hydrogen-bond acceptors (Lipinski definition) is 2. The van der Waals surface area contributed by atoms with Gasteiger partial charge in [-0.3, -0.25) is 10.4 Å². The van der Waals surface area contributed by atoms with Gasteiger partial charge in [0.15, 0.2) is 0 Å². The number of hydrazine groups is 1. The van der Waals surface area contributed by atoms with E-state index in [2.05, 4.69) is 5.43 Å². The van der Waals surface area contributed by atoms with E-state index in [-0.39, 0.29) is 0 Å². The lowest BCUT2D eigenvalue weighted by Gasteiger charge is -2.20. The van der Waals surface area contributed by atoms with Crippen molar-refractivity contribution in [2.75, 3.05) is 7.05 Å². The van der Waals surface area contributed by atoms with Crippen molar-refractivity contribution in [3.63, 3.8) is 0 Å². The first-order valence-corrected chi connectivity index (χ1v) is 3.11. The largest absolute Gasteiger partial charge is 0.297 e. The van der Waals surface area contributed by atoms with Crippen LogP contribution in [0, 0.1) is 0 Å². The molecule has 0 radical (unpaired) electrons. The van der Waals surface area contributed by atoms with E-state index in [1.807, 2.05) is 31.3 Å². The van der Waals surface area contributed by atoms with Crippen molar-refractivity contribution >= 4 is 11.6 Å². The van der Waals surface area contributed by atoms with Gasteiger partial charge < -0.3 is 0 Å². The number of hydrogen-bond donors (Lipinski definition) is 1. The lowest BCUT2D eigenvalue weighted by molar-refractivity contribution is 0.373. The highest BCUT2D eigenvalue weighted by molar-refractivity contribution is 6.29. The average Bonchev–Trinajstić information content (AvgIpc) is 1.59. The van der Waals surface area contributed by atoms with E-state index in [0.29, 0.717) is 5.16 Å². The molecule has 0 aromatic rings. The quantitative estimate of drug-likeness (QED) is 0.518. The first-order valence-electron chi connectivity index (χ1n) is 2.73. The summed E-state index contributed by atoms with van der Waals surface area (Å²) in [6.45, 7) is 2.00. The summed E-state index contributed by atoms with van der Waals surface area (Å²) < 4.78 is 0. The number of halogens is 1. The maximum absolute atomic E-state index is 5.67. The Balaban J connectivity index is 2.74. The minimum Gasteiger partial charge on any atom is -0.297 e. The molecule has 0 spiro atoms. The fourth-order valence-corrected chi connectivity index (χ4v) is 1.08. The Bertz CT molecular complexity index is 172. The Kier molecular flexibility index (Phi) is 1.67. The lowest BCUT2D eigenvalue weighted by Crippen LogP contribution is -2.29. The van der Waals surface area contributed by atoms with Crippen LogP contribution in [-0.4, -0.2) is 12.1 Å². The van der Waals surface area contributed by atoms with E-state index < -0.39 is 0 Å². The summed E-state index contributed by atoms with van der Waals surface area (Å²) in [7, 11) is 1.90. The van der Waals surface area contributed by atoms with Gasteiger partial charge in [-0.1, -0.05) is 11.6 Å². The molecule has 1 N–H and O–H groups in total. The SMILES string of the molecule is CC1=CN(C)NC(Cl)=C1. The summed E-state index contributed by atoms with van der Waals surface area (Å²) in [5.74, 6) is 0. The minimum absolute atomic E-state index is 0.664. The van der Waals surface area contributed by atoms with Crippen LogP contribution in [0.1, 0.15) is 6.92 Å². The van der Waals surface area contributed by atoms with Crippen molar-refractivity contribution in [2.45, 2.75) is 6.92 Å². The van der Waals surface area contributed by atoms with Gasteiger partial charge in [-0.2, -0.15) is 0 Å². The molecular formula is C6H9ClN2. The molecular weight excluding hydrogens is 136 g/mol. The summed E-state index contributed by atoms with van der Waals surface area (Å²) in [5, 5.41) is 2.48. The van der Waals surface area contributed by atoms with Gasteiger partial charge in [0, 0.05) is 13.2 Å². The normalized spacial score (nSPS) is 18.3. The third kappa shape index (κ3) is 1.64. The molecule has 0 atom stereocenters. The first kappa shape index (κ1) is 6.49. The zero-order chi connectivity index (χ0) is 6.85. The van der Waals surface area contributed by atoms with Crippen LogP contribution in [0.15, 0.2) is 23.0 Å². The molecule has 1 aliphatic rings. The Morgan fingerprint density at radius 2 is 2.33 bits per heavy atom. The van der Waals surface area contributed by atoms with E-state index in [1.54, 1.807) is 0 Å². The van der Waals surface area contributed by atoms with Crippen molar-refractivity contribution in [1.29, 1.82) is 0 Å². The van der Waals surface area contributed by atoms with Crippen LogP contribution in [0.2, 0.25) is 0 Å². The fourth-order valence-electron chi connectivity index (χ4n) is 0.776. The number of allylic oxidation sites excluding steroid dienone is 2. The molecule has 1 heterocycles. The molecule has 9 heavy (non-hydrogen) atoms. The monoisotopic (exact) mass is 144 g/mol. The first-order chi connectivity index (χ1) is 4.18. The van der Waals surface area contributed by atoms with Crippen LogP contribution >= 0.6 is 11.6 Å². The minimum atomic E-state index is 0.664. The Hall–Kier alpha value is -0.630. The molecule has 1 rings (SSSR count). The Labute approximate surface area is 59.8 Å². The van der Waals surface area contributed by atoms with Crippen molar-refractivity contribution in [2.24, 2.45) is 0 Å². The third-order valence-electron chi connectivity index (χ3n) is 1.03. The van der Waals surface area contributed by atoms with E-state index in [1.165, 1.54) is 0 Å². The molecule has 2 nitrogen and oxygen atoms in total. The van der Waals surface area contributed by atoms with Gasteiger partial charge in [0.05, 0.1) is 0 Å². The Morgan fingerprint density at radius 1 is 1.67 bits per heavy atom. The van der Waals surface area contributed by atoms with Crippen molar-refractivity contribution in [3.8, 4) is 0 Å². The maximum atomic E-state index is 5.67. The predicted molar refractivity (Wildman–Crippen MR) is 38.6 cm³/mol. The molecule has 0 amide bonds. The van der Waals surface area contributed by atoms with Crippen LogP contribution in [-0.2, 0) is 0 Å². The maximum Gasteiger partial charge on any atom is 0.121 e. The van der Waals surface area contributed by atoms with Crippen LogP contribution < -0.4 is 5.43 Å². The molecule has 0 aromatic heterocycles. The molecule has 0 bridgehead atoms. The summed E-state index contributed by atoms with van der Waals surface area (Å²) in [5.41, 5.74) is 4.05. The molecule has 0 saturated heterocycles. The van der Waals surface area contributed by atoms with Crippen LogP contribution in [0.25, 0.3) is 0 Å². The second-order valence-electron chi connectivity index (χ2n) is 2.09. The van der Waals surface area contributed by atoms with E-state index in [9.17, 15) is 0 Å². The van der Waals surface area contributed by atoms with E-state index in [0.717, 1.165) is 5.57 Å². The zero-order valence-corrected chi connectivity index (χ0v) is 6.24. The summed E-state index contributed by atoms with van der Waals surface area (Å²) in [6.07, 6.45) is 3.84. The van der Waals surface area contributed by atoms with Gasteiger partial charge in [0.2, 0.25) is 0 Å². The second kappa shape index (κ2) is 2.31. The van der Waals surface area contributed by atoms with Crippen molar-refractivity contribution in [3.05, 3.63) is 23.0 Å². The van der Waals surface area contributed by atoms with E-state index in [4.69, 9.17) is 11.6 Å². The molecule has 3 heteroatoms. The lowest BCUT2D eigenvalue weighted by atomic mass is 10.3. The number of nitrogens with one attached hydrogen (secondary N) is 1. The van der Waals surface area contributed by atoms with Gasteiger partial charge in [0.25, 0.3) is 0 Å². The summed E-state index contributed by atoms with van der Waals surface area (Å²) >= 11 is 5.67. The molecule has 0 aliphatic carbocycles. The smallest absolute Gasteiger partial charge is 0.121 e. The standard InChI is InChI=1S/C6H9ClN2/c1-5-3-6(7)8-9(2)4-5/h3-4,8H,1-2H3. The molecule has 0 saturated carbocycles. The topological polar surface area (TPSA) is 15.3 Å². The van der Waals surface area contributed by atoms with Gasteiger partial charge in [-0.15, -0.1) is 0 Å². The summed E-state index contributed by atoms with van der Waals surface area (Å²) in [4.78, 5) is 0.